The zero-order chi connectivity index (χ0) is 14.7. The van der Waals surface area contributed by atoms with Crippen molar-refractivity contribution in [2.24, 2.45) is 22.7 Å². The number of hydrogen-bond acceptors (Lipinski definition) is 2. The Morgan fingerprint density at radius 1 is 0.889 bits per heavy atom. The topological polar surface area (TPSA) is 34.1 Å². The Labute approximate surface area is 113 Å². The van der Waals surface area contributed by atoms with Crippen LogP contribution in [0, 0.1) is 22.7 Å². The van der Waals surface area contributed by atoms with Crippen LogP contribution in [0.25, 0.3) is 0 Å². The van der Waals surface area contributed by atoms with Crippen LogP contribution < -0.4 is 0 Å². The van der Waals surface area contributed by atoms with Crippen LogP contribution in [0.1, 0.15) is 68.2 Å². The molecule has 0 aromatic heterocycles. The van der Waals surface area contributed by atoms with Crippen LogP contribution >= 0.6 is 0 Å². The highest BCUT2D eigenvalue weighted by Gasteiger charge is 2.32. The Balaban J connectivity index is 4.69. The average Bonchev–Trinajstić information content (AvgIpc) is 2.13. The molecule has 0 aliphatic carbocycles. The second kappa shape index (κ2) is 5.99. The lowest BCUT2D eigenvalue weighted by Crippen LogP contribution is -2.32. The van der Waals surface area contributed by atoms with Crippen molar-refractivity contribution >= 4 is 11.6 Å². The first-order chi connectivity index (χ1) is 7.87. The van der Waals surface area contributed by atoms with Gasteiger partial charge in [0, 0.05) is 23.2 Å². The number of hydrogen-bond donors (Lipinski definition) is 0. The first-order valence-corrected chi connectivity index (χ1v) is 6.95. The van der Waals surface area contributed by atoms with Crippen molar-refractivity contribution in [3.63, 3.8) is 0 Å². The Hall–Kier alpha value is -0.660. The number of carbonyl (C=O) groups excluding carboxylic acids is 2. The molecule has 0 fully saturated rings. The van der Waals surface area contributed by atoms with Crippen LogP contribution in [0.15, 0.2) is 0 Å². The van der Waals surface area contributed by atoms with Crippen LogP contribution in [0.2, 0.25) is 0 Å². The van der Waals surface area contributed by atoms with E-state index in [4.69, 9.17) is 0 Å². The zero-order valence-electron chi connectivity index (χ0n) is 13.4. The summed E-state index contributed by atoms with van der Waals surface area (Å²) in [4.78, 5) is 24.3. The Kier molecular flexibility index (Phi) is 5.77. The monoisotopic (exact) mass is 254 g/mol. The standard InChI is InChI=1S/C16H30O2/c1-11(2)12(14(18)16(6,7)8)9-10-13(17)15(3,4)5/h11-12H,9-10H2,1-8H3/t12-/m1/s1. The van der Waals surface area contributed by atoms with Crippen molar-refractivity contribution in [1.29, 1.82) is 0 Å². The summed E-state index contributed by atoms with van der Waals surface area (Å²) in [7, 11) is 0. The summed E-state index contributed by atoms with van der Waals surface area (Å²) >= 11 is 0. The first kappa shape index (κ1) is 17.3. The number of Topliss-reactive ketones (excluding diaryl/α,β-unsaturated/α-hetero) is 2. The SMILES string of the molecule is CC(C)[C@@H](CCC(=O)C(C)(C)C)C(=O)C(C)(C)C. The fourth-order valence-corrected chi connectivity index (χ4v) is 1.98. The minimum atomic E-state index is -0.320. The summed E-state index contributed by atoms with van der Waals surface area (Å²) in [5.41, 5.74) is -0.619. The number of carbonyl (C=O) groups is 2. The maximum atomic E-state index is 12.4. The van der Waals surface area contributed by atoms with Gasteiger partial charge in [0.1, 0.15) is 11.6 Å². The molecular weight excluding hydrogens is 224 g/mol. The maximum Gasteiger partial charge on any atom is 0.141 e. The molecule has 0 amide bonds. The van der Waals surface area contributed by atoms with Gasteiger partial charge in [0.25, 0.3) is 0 Å². The molecule has 106 valence electrons. The predicted molar refractivity (Wildman–Crippen MR) is 76.5 cm³/mol. The molecule has 0 rings (SSSR count). The molecule has 0 aromatic carbocycles. The van der Waals surface area contributed by atoms with Crippen LogP contribution in [-0.4, -0.2) is 11.6 Å². The predicted octanol–water partition coefficient (Wildman–Crippen LogP) is 4.27. The molecule has 0 aromatic rings. The van der Waals surface area contributed by atoms with Crippen molar-refractivity contribution in [2.75, 3.05) is 0 Å². The van der Waals surface area contributed by atoms with E-state index in [9.17, 15) is 9.59 Å². The molecule has 1 atom stereocenters. The van der Waals surface area contributed by atoms with E-state index < -0.39 is 0 Å². The average molecular weight is 254 g/mol. The van der Waals surface area contributed by atoms with E-state index in [-0.39, 0.29) is 28.3 Å². The van der Waals surface area contributed by atoms with Crippen molar-refractivity contribution < 1.29 is 9.59 Å². The fourth-order valence-electron chi connectivity index (χ4n) is 1.98. The van der Waals surface area contributed by atoms with Gasteiger partial charge in [-0.15, -0.1) is 0 Å². The van der Waals surface area contributed by atoms with Gasteiger partial charge in [-0.25, -0.2) is 0 Å². The third-order valence-electron chi connectivity index (χ3n) is 3.40. The fraction of sp³-hybridized carbons (Fsp3) is 0.875. The van der Waals surface area contributed by atoms with Gasteiger partial charge in [-0.2, -0.15) is 0 Å². The molecule has 0 bridgehead atoms. The van der Waals surface area contributed by atoms with E-state index in [0.717, 1.165) is 0 Å². The number of ketones is 2. The van der Waals surface area contributed by atoms with E-state index in [1.54, 1.807) is 0 Å². The molecule has 2 nitrogen and oxygen atoms in total. The molecule has 18 heavy (non-hydrogen) atoms. The Bertz CT molecular complexity index is 300. The van der Waals surface area contributed by atoms with Gasteiger partial charge >= 0.3 is 0 Å². The van der Waals surface area contributed by atoms with Gasteiger partial charge in [0.05, 0.1) is 0 Å². The van der Waals surface area contributed by atoms with Gasteiger partial charge in [0.2, 0.25) is 0 Å². The van der Waals surface area contributed by atoms with Crippen LogP contribution in [0.5, 0.6) is 0 Å². The summed E-state index contributed by atoms with van der Waals surface area (Å²) < 4.78 is 0. The van der Waals surface area contributed by atoms with E-state index in [2.05, 4.69) is 13.8 Å². The molecule has 2 heteroatoms. The Morgan fingerprint density at radius 2 is 1.33 bits per heavy atom. The van der Waals surface area contributed by atoms with Crippen LogP contribution in [0.3, 0.4) is 0 Å². The van der Waals surface area contributed by atoms with E-state index in [0.29, 0.717) is 18.8 Å². The van der Waals surface area contributed by atoms with Crippen molar-refractivity contribution in [3.8, 4) is 0 Å². The van der Waals surface area contributed by atoms with E-state index in [1.165, 1.54) is 0 Å². The quantitative estimate of drug-likeness (QED) is 0.734. The minimum Gasteiger partial charge on any atom is -0.299 e. The third kappa shape index (κ3) is 5.32. The highest BCUT2D eigenvalue weighted by Crippen LogP contribution is 2.29. The molecule has 0 spiro atoms. The maximum absolute atomic E-state index is 12.4. The van der Waals surface area contributed by atoms with Crippen LogP contribution in [0.4, 0.5) is 0 Å². The molecule has 0 radical (unpaired) electrons. The molecule has 0 heterocycles. The second-order valence-electron chi connectivity index (χ2n) is 7.68. The number of rotatable bonds is 5. The van der Waals surface area contributed by atoms with E-state index in [1.807, 2.05) is 41.5 Å². The zero-order valence-corrected chi connectivity index (χ0v) is 13.4. The molecule has 0 aliphatic heterocycles. The Morgan fingerprint density at radius 3 is 1.61 bits per heavy atom. The smallest absolute Gasteiger partial charge is 0.141 e. The summed E-state index contributed by atoms with van der Waals surface area (Å²) in [6, 6.07) is 0. The van der Waals surface area contributed by atoms with Gasteiger partial charge in [-0.05, 0) is 12.3 Å². The van der Waals surface area contributed by atoms with Crippen molar-refractivity contribution in [3.05, 3.63) is 0 Å². The lowest BCUT2D eigenvalue weighted by atomic mass is 9.75. The summed E-state index contributed by atoms with van der Waals surface area (Å²) in [6.07, 6.45) is 1.19. The van der Waals surface area contributed by atoms with Gasteiger partial charge in [-0.1, -0.05) is 55.4 Å². The van der Waals surface area contributed by atoms with Gasteiger partial charge < -0.3 is 0 Å². The molecule has 0 aliphatic rings. The largest absolute Gasteiger partial charge is 0.299 e. The highest BCUT2D eigenvalue weighted by atomic mass is 16.1. The summed E-state index contributed by atoms with van der Waals surface area (Å²) in [6.45, 7) is 15.8. The van der Waals surface area contributed by atoms with Crippen LogP contribution in [-0.2, 0) is 9.59 Å². The molecule has 0 saturated carbocycles. The minimum absolute atomic E-state index is 0.00343. The van der Waals surface area contributed by atoms with Gasteiger partial charge in [0.15, 0.2) is 0 Å². The van der Waals surface area contributed by atoms with Crippen molar-refractivity contribution in [2.45, 2.75) is 68.2 Å². The summed E-state index contributed by atoms with van der Waals surface area (Å²) in [5, 5.41) is 0. The first-order valence-electron chi connectivity index (χ1n) is 6.95. The third-order valence-corrected chi connectivity index (χ3v) is 3.40. The molecule has 0 saturated heterocycles. The van der Waals surface area contributed by atoms with Crippen molar-refractivity contribution in [1.82, 2.24) is 0 Å². The molecule has 0 unspecified atom stereocenters. The normalized spacial score (nSPS) is 14.7. The molecule has 0 N–H and O–H groups in total. The second-order valence-corrected chi connectivity index (χ2v) is 7.68. The lowest BCUT2D eigenvalue weighted by molar-refractivity contribution is -0.133. The van der Waals surface area contributed by atoms with Gasteiger partial charge in [-0.3, -0.25) is 9.59 Å². The molecular formula is C16H30O2. The summed E-state index contributed by atoms with van der Waals surface area (Å²) in [5.74, 6) is 0.815. The highest BCUT2D eigenvalue weighted by molar-refractivity contribution is 5.88. The lowest BCUT2D eigenvalue weighted by Gasteiger charge is -2.28. The van der Waals surface area contributed by atoms with E-state index >= 15 is 0 Å².